The molecule has 1 atom stereocenters. The van der Waals surface area contributed by atoms with E-state index >= 15 is 0 Å². The Balaban J connectivity index is 2.32. The molecule has 0 amide bonds. The van der Waals surface area contributed by atoms with Crippen LogP contribution < -0.4 is 0 Å². The molecule has 0 aliphatic carbocycles. The van der Waals surface area contributed by atoms with Crippen molar-refractivity contribution >= 4 is 27.3 Å². The molecule has 0 radical (unpaired) electrons. The highest BCUT2D eigenvalue weighted by molar-refractivity contribution is 9.11. The highest BCUT2D eigenvalue weighted by atomic mass is 79.9. The number of halogens is 1. The second-order valence-corrected chi connectivity index (χ2v) is 5.55. The maximum Gasteiger partial charge on any atom is 0.115 e. The number of aryl methyl sites for hydroxylation is 1. The SMILES string of the molecule is Cc1cc(C(O)c2cc[nH]c2)sc1Br. The number of aromatic nitrogens is 1. The van der Waals surface area contributed by atoms with Gasteiger partial charge in [-0.1, -0.05) is 0 Å². The van der Waals surface area contributed by atoms with Crippen LogP contribution >= 0.6 is 27.3 Å². The van der Waals surface area contributed by atoms with Crippen LogP contribution in [0.4, 0.5) is 0 Å². The average molecular weight is 272 g/mol. The number of hydrogen-bond acceptors (Lipinski definition) is 2. The first-order chi connectivity index (χ1) is 6.68. The molecule has 0 bridgehead atoms. The summed E-state index contributed by atoms with van der Waals surface area (Å²) in [5.74, 6) is 0. The number of thiophene rings is 1. The number of rotatable bonds is 2. The minimum Gasteiger partial charge on any atom is -0.383 e. The quantitative estimate of drug-likeness (QED) is 0.865. The first-order valence-corrected chi connectivity index (χ1v) is 5.86. The number of H-pyrrole nitrogens is 1. The summed E-state index contributed by atoms with van der Waals surface area (Å²) in [5, 5.41) is 9.99. The van der Waals surface area contributed by atoms with E-state index in [1.54, 1.807) is 11.3 Å². The minimum atomic E-state index is -0.517. The Morgan fingerprint density at radius 2 is 2.36 bits per heavy atom. The Morgan fingerprint density at radius 1 is 1.57 bits per heavy atom. The Hall–Kier alpha value is -0.580. The Kier molecular flexibility index (Phi) is 2.76. The van der Waals surface area contributed by atoms with E-state index in [0.717, 1.165) is 14.2 Å². The van der Waals surface area contributed by atoms with Crippen molar-refractivity contribution in [2.24, 2.45) is 0 Å². The summed E-state index contributed by atoms with van der Waals surface area (Å²) in [6.07, 6.45) is 3.11. The normalized spacial score (nSPS) is 13.1. The van der Waals surface area contributed by atoms with Gasteiger partial charge in [-0.2, -0.15) is 0 Å². The largest absolute Gasteiger partial charge is 0.383 e. The predicted molar refractivity (Wildman–Crippen MR) is 61.6 cm³/mol. The van der Waals surface area contributed by atoms with Gasteiger partial charge in [0, 0.05) is 22.8 Å². The molecule has 2 heterocycles. The van der Waals surface area contributed by atoms with E-state index in [0.29, 0.717) is 0 Å². The van der Waals surface area contributed by atoms with Crippen molar-refractivity contribution in [1.82, 2.24) is 4.98 Å². The molecule has 14 heavy (non-hydrogen) atoms. The second kappa shape index (κ2) is 3.88. The lowest BCUT2D eigenvalue weighted by molar-refractivity contribution is 0.224. The zero-order valence-electron chi connectivity index (χ0n) is 7.62. The number of hydrogen-bond donors (Lipinski definition) is 2. The molecule has 0 aromatic carbocycles. The minimum absolute atomic E-state index is 0.517. The number of aromatic amines is 1. The molecule has 2 nitrogen and oxygen atoms in total. The van der Waals surface area contributed by atoms with Gasteiger partial charge in [0.2, 0.25) is 0 Å². The summed E-state index contributed by atoms with van der Waals surface area (Å²) >= 11 is 5.02. The van der Waals surface area contributed by atoms with E-state index in [1.165, 1.54) is 5.56 Å². The molecular formula is C10H10BrNOS. The molecule has 74 valence electrons. The van der Waals surface area contributed by atoms with Crippen LogP contribution in [-0.2, 0) is 0 Å². The fourth-order valence-corrected chi connectivity index (χ4v) is 2.87. The Labute approximate surface area is 94.7 Å². The monoisotopic (exact) mass is 271 g/mol. The standard InChI is InChI=1S/C10H10BrNOS/c1-6-4-8(14-10(6)11)9(13)7-2-3-12-5-7/h2-5,9,12-13H,1H3. The summed E-state index contributed by atoms with van der Waals surface area (Å²) in [6.45, 7) is 2.02. The fourth-order valence-electron chi connectivity index (χ4n) is 1.29. The van der Waals surface area contributed by atoms with Crippen LogP contribution in [0.1, 0.15) is 22.1 Å². The van der Waals surface area contributed by atoms with Gasteiger partial charge in [-0.3, -0.25) is 0 Å². The summed E-state index contributed by atoms with van der Waals surface area (Å²) in [7, 11) is 0. The number of aliphatic hydroxyl groups excluding tert-OH is 1. The summed E-state index contributed by atoms with van der Waals surface area (Å²) in [6, 6.07) is 3.89. The van der Waals surface area contributed by atoms with Crippen LogP contribution in [-0.4, -0.2) is 10.1 Å². The molecule has 2 aromatic heterocycles. The van der Waals surface area contributed by atoms with E-state index < -0.39 is 6.10 Å². The van der Waals surface area contributed by atoms with Gasteiger partial charge in [0.1, 0.15) is 6.10 Å². The highest BCUT2D eigenvalue weighted by Crippen LogP contribution is 2.33. The molecule has 0 saturated carbocycles. The van der Waals surface area contributed by atoms with E-state index in [1.807, 2.05) is 31.5 Å². The third-order valence-electron chi connectivity index (χ3n) is 2.08. The summed E-state index contributed by atoms with van der Waals surface area (Å²) in [4.78, 5) is 3.90. The molecule has 2 N–H and O–H groups in total. The lowest BCUT2D eigenvalue weighted by atomic mass is 10.1. The van der Waals surface area contributed by atoms with Crippen molar-refractivity contribution in [3.05, 3.63) is 44.3 Å². The molecule has 2 rings (SSSR count). The zero-order valence-corrected chi connectivity index (χ0v) is 10.0. The molecular weight excluding hydrogens is 262 g/mol. The van der Waals surface area contributed by atoms with Crippen molar-refractivity contribution in [3.63, 3.8) is 0 Å². The third-order valence-corrected chi connectivity index (χ3v) is 4.27. The van der Waals surface area contributed by atoms with E-state index in [-0.39, 0.29) is 0 Å². The van der Waals surface area contributed by atoms with Gasteiger partial charge >= 0.3 is 0 Å². The van der Waals surface area contributed by atoms with Crippen LogP contribution in [0.5, 0.6) is 0 Å². The molecule has 0 aliphatic heterocycles. The topological polar surface area (TPSA) is 36.0 Å². The van der Waals surface area contributed by atoms with Crippen molar-refractivity contribution in [3.8, 4) is 0 Å². The summed E-state index contributed by atoms with van der Waals surface area (Å²) < 4.78 is 1.09. The van der Waals surface area contributed by atoms with Gasteiger partial charge in [0.15, 0.2) is 0 Å². The molecule has 4 heteroatoms. The van der Waals surface area contributed by atoms with Crippen LogP contribution in [0, 0.1) is 6.92 Å². The molecule has 0 spiro atoms. The molecule has 0 fully saturated rings. The zero-order chi connectivity index (χ0) is 10.1. The summed E-state index contributed by atoms with van der Waals surface area (Å²) in [5.41, 5.74) is 2.07. The molecule has 0 aliphatic rings. The lowest BCUT2D eigenvalue weighted by Gasteiger charge is -2.04. The van der Waals surface area contributed by atoms with E-state index in [4.69, 9.17) is 0 Å². The lowest BCUT2D eigenvalue weighted by Crippen LogP contribution is -1.94. The highest BCUT2D eigenvalue weighted by Gasteiger charge is 2.14. The van der Waals surface area contributed by atoms with Crippen LogP contribution in [0.25, 0.3) is 0 Å². The van der Waals surface area contributed by atoms with Gasteiger partial charge < -0.3 is 10.1 Å². The number of nitrogens with one attached hydrogen (secondary N) is 1. The van der Waals surface area contributed by atoms with Crippen molar-refractivity contribution in [2.45, 2.75) is 13.0 Å². The maximum atomic E-state index is 9.99. The van der Waals surface area contributed by atoms with Crippen molar-refractivity contribution in [1.29, 1.82) is 0 Å². The van der Waals surface area contributed by atoms with Crippen LogP contribution in [0.15, 0.2) is 28.3 Å². The predicted octanol–water partition coefficient (Wildman–Crippen LogP) is 3.23. The van der Waals surface area contributed by atoms with E-state index in [2.05, 4.69) is 20.9 Å². The van der Waals surface area contributed by atoms with Crippen molar-refractivity contribution in [2.75, 3.05) is 0 Å². The average Bonchev–Trinajstić information content (AvgIpc) is 2.76. The first-order valence-electron chi connectivity index (χ1n) is 4.25. The van der Waals surface area contributed by atoms with Gasteiger partial charge in [0.25, 0.3) is 0 Å². The van der Waals surface area contributed by atoms with Crippen molar-refractivity contribution < 1.29 is 5.11 Å². The fraction of sp³-hybridized carbons (Fsp3) is 0.200. The molecule has 2 aromatic rings. The Bertz CT molecular complexity index is 402. The molecule has 0 saturated heterocycles. The third kappa shape index (κ3) is 1.78. The van der Waals surface area contributed by atoms with Gasteiger partial charge in [-0.25, -0.2) is 0 Å². The molecule has 1 unspecified atom stereocenters. The number of aliphatic hydroxyl groups is 1. The van der Waals surface area contributed by atoms with Crippen LogP contribution in [0.3, 0.4) is 0 Å². The Morgan fingerprint density at radius 3 is 2.86 bits per heavy atom. The van der Waals surface area contributed by atoms with Gasteiger partial charge in [-0.05, 0) is 40.5 Å². The smallest absolute Gasteiger partial charge is 0.115 e. The van der Waals surface area contributed by atoms with Gasteiger partial charge in [-0.15, -0.1) is 11.3 Å². The first kappa shape index (κ1) is 9.96. The second-order valence-electron chi connectivity index (χ2n) is 3.15. The van der Waals surface area contributed by atoms with Gasteiger partial charge in [0.05, 0.1) is 3.79 Å². The van der Waals surface area contributed by atoms with E-state index in [9.17, 15) is 5.11 Å². The van der Waals surface area contributed by atoms with Crippen LogP contribution in [0.2, 0.25) is 0 Å². The maximum absolute atomic E-state index is 9.99.